The summed E-state index contributed by atoms with van der Waals surface area (Å²) in [6, 6.07) is 15.0. The number of nitrogens with zero attached hydrogens (tertiary/aromatic N) is 3. The number of fused-ring (bicyclic) bond motifs is 2. The molecule has 0 amide bonds. The number of aromatic amines is 2. The molecule has 0 aliphatic heterocycles. The van der Waals surface area contributed by atoms with Crippen LogP contribution in [0.15, 0.2) is 64.3 Å². The van der Waals surface area contributed by atoms with Crippen LogP contribution in [0.3, 0.4) is 0 Å². The van der Waals surface area contributed by atoms with Crippen molar-refractivity contribution in [3.63, 3.8) is 0 Å². The molecule has 30 heavy (non-hydrogen) atoms. The first-order chi connectivity index (χ1) is 14.2. The smallest absolute Gasteiger partial charge is 0.306 e. The number of benzene rings is 1. The maximum absolute atomic E-state index is 13.3. The van der Waals surface area contributed by atoms with Crippen molar-refractivity contribution in [2.45, 2.75) is 19.9 Å². The summed E-state index contributed by atoms with van der Waals surface area (Å²) in [6.45, 7) is 2.28. The van der Waals surface area contributed by atoms with Crippen molar-refractivity contribution >= 4 is 32.5 Å². The second-order valence-corrected chi connectivity index (χ2v) is 7.79. The summed E-state index contributed by atoms with van der Waals surface area (Å²) >= 11 is 1.49. The van der Waals surface area contributed by atoms with Crippen LogP contribution < -0.4 is 45.7 Å². The summed E-state index contributed by atoms with van der Waals surface area (Å²) in [4.78, 5) is 33.7. The SMILES string of the molecule is CCc1c2c(=O)n(-c3[nH+]c4ccccc4s3)[nH]c2cc(=O)n1Cc1ccccn1.[Na+]. The number of aryl methyl sites for hydroxylation is 1. The van der Waals surface area contributed by atoms with Gasteiger partial charge in [0.2, 0.25) is 0 Å². The van der Waals surface area contributed by atoms with Gasteiger partial charge >= 0.3 is 40.2 Å². The Kier molecular flexibility index (Phi) is 5.75. The number of hydrogen-bond acceptors (Lipinski definition) is 4. The van der Waals surface area contributed by atoms with Gasteiger partial charge in [0.15, 0.2) is 0 Å². The molecule has 7 nitrogen and oxygen atoms in total. The number of aromatic nitrogens is 5. The van der Waals surface area contributed by atoms with E-state index in [2.05, 4.69) is 15.1 Å². The third kappa shape index (κ3) is 3.45. The maximum atomic E-state index is 13.3. The Bertz CT molecular complexity index is 1430. The molecule has 0 fully saturated rings. The summed E-state index contributed by atoms with van der Waals surface area (Å²) in [6.07, 6.45) is 2.26. The zero-order valence-corrected chi connectivity index (χ0v) is 19.5. The predicted octanol–water partition coefficient (Wildman–Crippen LogP) is -0.481. The Hall–Kier alpha value is -2.52. The average Bonchev–Trinajstić information content (AvgIpc) is 3.30. The van der Waals surface area contributed by atoms with Gasteiger partial charge < -0.3 is 4.57 Å². The normalized spacial score (nSPS) is 11.1. The van der Waals surface area contributed by atoms with Crippen LogP contribution in [0.2, 0.25) is 0 Å². The number of pyridine rings is 2. The molecule has 1 aromatic carbocycles. The van der Waals surface area contributed by atoms with Crippen molar-refractivity contribution in [1.29, 1.82) is 0 Å². The Labute approximate surface area is 197 Å². The number of H-pyrrole nitrogens is 2. The van der Waals surface area contributed by atoms with Crippen molar-refractivity contribution in [3.8, 4) is 5.13 Å². The molecule has 5 rings (SSSR count). The van der Waals surface area contributed by atoms with Crippen molar-refractivity contribution < 1.29 is 34.5 Å². The molecule has 0 saturated heterocycles. The van der Waals surface area contributed by atoms with Gasteiger partial charge in [-0.3, -0.25) is 9.78 Å². The van der Waals surface area contributed by atoms with Gasteiger partial charge in [-0.2, -0.15) is 0 Å². The Balaban J connectivity index is 0.00000218. The van der Waals surface area contributed by atoms with Crippen molar-refractivity contribution in [3.05, 3.63) is 86.8 Å². The van der Waals surface area contributed by atoms with E-state index in [0.29, 0.717) is 34.7 Å². The van der Waals surface area contributed by atoms with E-state index in [1.54, 1.807) is 10.8 Å². The van der Waals surface area contributed by atoms with Gasteiger partial charge in [-0.15, -0.1) is 0 Å². The van der Waals surface area contributed by atoms with Crippen LogP contribution in [0.5, 0.6) is 0 Å². The minimum absolute atomic E-state index is 0. The molecule has 5 aromatic rings. The van der Waals surface area contributed by atoms with Crippen LogP contribution in [-0.4, -0.2) is 19.3 Å². The summed E-state index contributed by atoms with van der Waals surface area (Å²) in [5, 5.41) is 4.32. The molecule has 4 heterocycles. The van der Waals surface area contributed by atoms with E-state index < -0.39 is 0 Å². The van der Waals surface area contributed by atoms with Crippen molar-refractivity contribution in [2.24, 2.45) is 0 Å². The molecule has 0 unspecified atom stereocenters. The molecule has 0 spiro atoms. The third-order valence-electron chi connectivity index (χ3n) is 4.99. The number of rotatable bonds is 4. The minimum atomic E-state index is -0.172. The minimum Gasteiger partial charge on any atom is -0.306 e. The molecular weight excluding hydrogens is 409 g/mol. The predicted molar refractivity (Wildman–Crippen MR) is 113 cm³/mol. The second kappa shape index (κ2) is 8.31. The quantitative estimate of drug-likeness (QED) is 0.393. The van der Waals surface area contributed by atoms with Crippen LogP contribution in [0.4, 0.5) is 0 Å². The van der Waals surface area contributed by atoms with Gasteiger partial charge in [0, 0.05) is 18.0 Å². The zero-order chi connectivity index (χ0) is 20.0. The number of nitrogens with one attached hydrogen (secondary N) is 2. The van der Waals surface area contributed by atoms with E-state index in [1.807, 2.05) is 49.4 Å². The van der Waals surface area contributed by atoms with Crippen molar-refractivity contribution in [2.75, 3.05) is 0 Å². The fourth-order valence-electron chi connectivity index (χ4n) is 3.65. The first-order valence-electron chi connectivity index (χ1n) is 9.34. The number of para-hydroxylation sites is 1. The van der Waals surface area contributed by atoms with Crippen LogP contribution in [0, 0.1) is 0 Å². The Morgan fingerprint density at radius 2 is 1.93 bits per heavy atom. The van der Waals surface area contributed by atoms with Crippen molar-refractivity contribution in [1.82, 2.24) is 19.3 Å². The van der Waals surface area contributed by atoms with Gasteiger partial charge in [0.05, 0.1) is 22.5 Å². The topological polar surface area (TPSA) is 86.8 Å². The monoisotopic (exact) mass is 427 g/mol. The fraction of sp³-hybridized carbons (Fsp3) is 0.143. The summed E-state index contributed by atoms with van der Waals surface area (Å²) < 4.78 is 4.18. The molecule has 0 saturated carbocycles. The molecule has 0 atom stereocenters. The molecule has 0 radical (unpaired) electrons. The molecule has 0 aliphatic rings. The summed E-state index contributed by atoms with van der Waals surface area (Å²) in [5.41, 5.74) is 2.66. The fourth-order valence-corrected chi connectivity index (χ4v) is 4.61. The van der Waals surface area contributed by atoms with Crippen LogP contribution in [0.25, 0.3) is 26.3 Å². The Morgan fingerprint density at radius 1 is 1.13 bits per heavy atom. The van der Waals surface area contributed by atoms with Gasteiger partial charge in [0.25, 0.3) is 5.56 Å². The van der Waals surface area contributed by atoms with Gasteiger partial charge in [-0.25, -0.2) is 14.9 Å². The first kappa shape index (κ1) is 20.7. The van der Waals surface area contributed by atoms with Crippen LogP contribution in [0.1, 0.15) is 18.3 Å². The summed E-state index contributed by atoms with van der Waals surface area (Å²) in [5.74, 6) is 0. The van der Waals surface area contributed by atoms with Crippen LogP contribution >= 0.6 is 11.3 Å². The van der Waals surface area contributed by atoms with E-state index in [4.69, 9.17) is 0 Å². The van der Waals surface area contributed by atoms with Gasteiger partial charge in [0.1, 0.15) is 10.9 Å². The maximum Gasteiger partial charge on any atom is 1.00 e. The second-order valence-electron chi connectivity index (χ2n) is 6.76. The first-order valence-corrected chi connectivity index (χ1v) is 10.2. The third-order valence-corrected chi connectivity index (χ3v) is 6.04. The Morgan fingerprint density at radius 3 is 2.67 bits per heavy atom. The molecule has 0 bridgehead atoms. The number of thiazole rings is 1. The zero-order valence-electron chi connectivity index (χ0n) is 16.7. The molecule has 9 heteroatoms. The van der Waals surface area contributed by atoms with Gasteiger partial charge in [-0.05, 0) is 42.0 Å². The molecule has 4 aromatic heterocycles. The molecule has 0 aliphatic carbocycles. The molecule has 2 N–H and O–H groups in total. The van der Waals surface area contributed by atoms with Crippen LogP contribution in [-0.2, 0) is 13.0 Å². The largest absolute Gasteiger partial charge is 1.00 e. The standard InChI is InChI=1S/C21H17N5O2S.Na/c1-2-16-19-15(11-18(27)25(16)12-13-7-5-6-10-22-13)24-26(20(19)28)21-23-14-8-3-4-9-17(14)29-21;/h3-11,24H,2,12H2,1H3;/q;+1/p+1. The molecular formula is C21H18N5NaO2S+2. The molecule has 144 valence electrons. The number of hydrogen-bond donors (Lipinski definition) is 1. The summed E-state index contributed by atoms with van der Waals surface area (Å²) in [7, 11) is 0. The van der Waals surface area contributed by atoms with Gasteiger partial charge in [-0.1, -0.05) is 29.8 Å². The van der Waals surface area contributed by atoms with E-state index in [-0.39, 0.29) is 40.7 Å². The van der Waals surface area contributed by atoms with E-state index in [9.17, 15) is 9.59 Å². The van der Waals surface area contributed by atoms with E-state index >= 15 is 0 Å². The average molecular weight is 427 g/mol. The van der Waals surface area contributed by atoms with E-state index in [0.717, 1.165) is 15.9 Å². The van der Waals surface area contributed by atoms with E-state index in [1.165, 1.54) is 22.1 Å².